The molecule has 1 aromatic carbocycles. The summed E-state index contributed by atoms with van der Waals surface area (Å²) in [6, 6.07) is 8.08. The fourth-order valence-electron chi connectivity index (χ4n) is 1.71. The van der Waals surface area contributed by atoms with Crippen molar-refractivity contribution in [2.24, 2.45) is 4.99 Å². The SMILES string of the molecule is CN=C(NCCCOc1ccccc1C)NC(C)(C)C.I. The Bertz CT molecular complexity index is 441. The molecule has 1 rings (SSSR count). The van der Waals surface area contributed by atoms with E-state index in [4.69, 9.17) is 4.74 Å². The molecular weight excluding hydrogens is 377 g/mol. The lowest BCUT2D eigenvalue weighted by Crippen LogP contribution is -2.47. The summed E-state index contributed by atoms with van der Waals surface area (Å²) in [5.41, 5.74) is 1.19. The molecule has 0 heterocycles. The number of hydrogen-bond acceptors (Lipinski definition) is 2. The first-order valence-electron chi connectivity index (χ1n) is 7.09. The Morgan fingerprint density at radius 3 is 2.48 bits per heavy atom. The molecular formula is C16H28IN3O. The summed E-state index contributed by atoms with van der Waals surface area (Å²) in [5, 5.41) is 6.61. The second kappa shape index (κ2) is 9.87. The highest BCUT2D eigenvalue weighted by Gasteiger charge is 2.11. The maximum atomic E-state index is 5.75. The first-order chi connectivity index (χ1) is 9.42. The highest BCUT2D eigenvalue weighted by atomic mass is 127. The van der Waals surface area contributed by atoms with Crippen molar-refractivity contribution in [1.82, 2.24) is 10.6 Å². The van der Waals surface area contributed by atoms with Gasteiger partial charge >= 0.3 is 0 Å². The number of aryl methyl sites for hydroxylation is 1. The maximum Gasteiger partial charge on any atom is 0.191 e. The van der Waals surface area contributed by atoms with Crippen molar-refractivity contribution in [3.8, 4) is 5.75 Å². The third-order valence-corrected chi connectivity index (χ3v) is 2.68. The van der Waals surface area contributed by atoms with Gasteiger partial charge in [0, 0.05) is 19.1 Å². The van der Waals surface area contributed by atoms with Crippen LogP contribution in [0.2, 0.25) is 0 Å². The number of halogens is 1. The van der Waals surface area contributed by atoms with Gasteiger partial charge in [-0.2, -0.15) is 0 Å². The van der Waals surface area contributed by atoms with Crippen LogP contribution in [0.5, 0.6) is 5.75 Å². The highest BCUT2D eigenvalue weighted by Crippen LogP contribution is 2.15. The van der Waals surface area contributed by atoms with Gasteiger partial charge in [0.1, 0.15) is 5.75 Å². The zero-order valence-electron chi connectivity index (χ0n) is 13.7. The molecule has 0 saturated heterocycles. The van der Waals surface area contributed by atoms with Crippen molar-refractivity contribution in [1.29, 1.82) is 0 Å². The van der Waals surface area contributed by atoms with Crippen molar-refractivity contribution < 1.29 is 4.74 Å². The summed E-state index contributed by atoms with van der Waals surface area (Å²) >= 11 is 0. The van der Waals surface area contributed by atoms with E-state index in [0.29, 0.717) is 6.61 Å². The van der Waals surface area contributed by atoms with Gasteiger partial charge in [-0.3, -0.25) is 4.99 Å². The molecule has 0 radical (unpaired) electrons. The predicted molar refractivity (Wildman–Crippen MR) is 101 cm³/mol. The Kier molecular flexibility index (Phi) is 9.41. The first-order valence-corrected chi connectivity index (χ1v) is 7.09. The van der Waals surface area contributed by atoms with Crippen LogP contribution in [0.3, 0.4) is 0 Å². The molecule has 4 nitrogen and oxygen atoms in total. The summed E-state index contributed by atoms with van der Waals surface area (Å²) in [6.45, 7) is 9.93. The Balaban J connectivity index is 0.00000400. The van der Waals surface area contributed by atoms with E-state index in [-0.39, 0.29) is 29.5 Å². The standard InChI is InChI=1S/C16H27N3O.HI/c1-13-9-6-7-10-14(13)20-12-8-11-18-15(17-5)19-16(2,3)4;/h6-7,9-10H,8,11-12H2,1-5H3,(H2,17,18,19);1H. The number of nitrogens with zero attached hydrogens (tertiary/aromatic N) is 1. The number of para-hydroxylation sites is 1. The zero-order chi connectivity index (χ0) is 15.0. The lowest BCUT2D eigenvalue weighted by atomic mass is 10.1. The molecule has 0 aliphatic heterocycles. The average molecular weight is 405 g/mol. The Hall–Kier alpha value is -0.980. The number of ether oxygens (including phenoxy) is 1. The van der Waals surface area contributed by atoms with Crippen LogP contribution in [-0.2, 0) is 0 Å². The number of aliphatic imine (C=N–C) groups is 1. The van der Waals surface area contributed by atoms with Crippen LogP contribution >= 0.6 is 24.0 Å². The van der Waals surface area contributed by atoms with Crippen molar-refractivity contribution in [3.63, 3.8) is 0 Å². The minimum absolute atomic E-state index is 0. The number of rotatable bonds is 5. The maximum absolute atomic E-state index is 5.75. The van der Waals surface area contributed by atoms with Crippen LogP contribution in [-0.4, -0.2) is 31.7 Å². The third kappa shape index (κ3) is 8.80. The van der Waals surface area contributed by atoms with Gasteiger partial charge in [-0.25, -0.2) is 0 Å². The van der Waals surface area contributed by atoms with Gasteiger partial charge in [0.2, 0.25) is 0 Å². The largest absolute Gasteiger partial charge is 0.493 e. The zero-order valence-corrected chi connectivity index (χ0v) is 16.0. The van der Waals surface area contributed by atoms with E-state index in [1.807, 2.05) is 18.2 Å². The number of benzene rings is 1. The van der Waals surface area contributed by atoms with Crippen LogP contribution in [0.15, 0.2) is 29.3 Å². The summed E-state index contributed by atoms with van der Waals surface area (Å²) in [5.74, 6) is 1.79. The number of hydrogen-bond donors (Lipinski definition) is 2. The number of nitrogens with one attached hydrogen (secondary N) is 2. The molecule has 0 aliphatic rings. The third-order valence-electron chi connectivity index (χ3n) is 2.68. The molecule has 5 heteroatoms. The molecule has 0 amide bonds. The quantitative estimate of drug-likeness (QED) is 0.342. The van der Waals surface area contributed by atoms with Crippen molar-refractivity contribution in [3.05, 3.63) is 29.8 Å². The second-order valence-corrected chi connectivity index (χ2v) is 5.84. The smallest absolute Gasteiger partial charge is 0.191 e. The predicted octanol–water partition coefficient (Wildman–Crippen LogP) is 3.35. The summed E-state index contributed by atoms with van der Waals surface area (Å²) in [7, 11) is 1.78. The first kappa shape index (κ1) is 20.0. The topological polar surface area (TPSA) is 45.7 Å². The molecule has 120 valence electrons. The molecule has 1 aromatic rings. The fraction of sp³-hybridized carbons (Fsp3) is 0.562. The molecule has 0 aliphatic carbocycles. The molecule has 2 N–H and O–H groups in total. The highest BCUT2D eigenvalue weighted by molar-refractivity contribution is 14.0. The minimum Gasteiger partial charge on any atom is -0.493 e. The van der Waals surface area contributed by atoms with Gasteiger partial charge in [0.15, 0.2) is 5.96 Å². The molecule has 0 aromatic heterocycles. The van der Waals surface area contributed by atoms with Crippen LogP contribution in [0.4, 0.5) is 0 Å². The molecule has 0 fully saturated rings. The molecule has 21 heavy (non-hydrogen) atoms. The Morgan fingerprint density at radius 2 is 1.90 bits per heavy atom. The molecule has 0 saturated carbocycles. The van der Waals surface area contributed by atoms with Gasteiger partial charge < -0.3 is 15.4 Å². The van der Waals surface area contributed by atoms with E-state index in [1.54, 1.807) is 7.05 Å². The average Bonchev–Trinajstić information content (AvgIpc) is 2.37. The van der Waals surface area contributed by atoms with Crippen molar-refractivity contribution >= 4 is 29.9 Å². The van der Waals surface area contributed by atoms with Crippen LogP contribution in [0.1, 0.15) is 32.8 Å². The summed E-state index contributed by atoms with van der Waals surface area (Å²) < 4.78 is 5.75. The van der Waals surface area contributed by atoms with Crippen molar-refractivity contribution in [2.45, 2.75) is 39.7 Å². The van der Waals surface area contributed by atoms with Crippen LogP contribution < -0.4 is 15.4 Å². The fourth-order valence-corrected chi connectivity index (χ4v) is 1.71. The molecule has 0 bridgehead atoms. The van der Waals surface area contributed by atoms with E-state index in [9.17, 15) is 0 Å². The Morgan fingerprint density at radius 1 is 1.24 bits per heavy atom. The summed E-state index contributed by atoms with van der Waals surface area (Å²) in [4.78, 5) is 4.20. The van der Waals surface area contributed by atoms with E-state index >= 15 is 0 Å². The lowest BCUT2D eigenvalue weighted by molar-refractivity contribution is 0.309. The second-order valence-electron chi connectivity index (χ2n) is 5.84. The molecule has 0 atom stereocenters. The van der Waals surface area contributed by atoms with E-state index in [1.165, 1.54) is 5.56 Å². The van der Waals surface area contributed by atoms with Crippen LogP contribution in [0, 0.1) is 6.92 Å². The van der Waals surface area contributed by atoms with E-state index in [2.05, 4.69) is 49.4 Å². The van der Waals surface area contributed by atoms with Gasteiger partial charge in [0.25, 0.3) is 0 Å². The van der Waals surface area contributed by atoms with E-state index < -0.39 is 0 Å². The van der Waals surface area contributed by atoms with Gasteiger partial charge in [-0.1, -0.05) is 18.2 Å². The normalized spacial score (nSPS) is 11.6. The summed E-state index contributed by atoms with van der Waals surface area (Å²) in [6.07, 6.45) is 0.930. The Labute approximate surface area is 145 Å². The van der Waals surface area contributed by atoms with Gasteiger partial charge in [0.05, 0.1) is 6.61 Å². The van der Waals surface area contributed by atoms with Crippen molar-refractivity contribution in [2.75, 3.05) is 20.2 Å². The molecule has 0 unspecified atom stereocenters. The van der Waals surface area contributed by atoms with Crippen LogP contribution in [0.25, 0.3) is 0 Å². The number of guanidine groups is 1. The monoisotopic (exact) mass is 405 g/mol. The van der Waals surface area contributed by atoms with E-state index in [0.717, 1.165) is 24.7 Å². The van der Waals surface area contributed by atoms with Gasteiger partial charge in [-0.05, 0) is 45.7 Å². The lowest BCUT2D eigenvalue weighted by Gasteiger charge is -2.23. The van der Waals surface area contributed by atoms with Gasteiger partial charge in [-0.15, -0.1) is 24.0 Å². The molecule has 0 spiro atoms. The minimum atomic E-state index is 0.